The Morgan fingerprint density at radius 1 is 0.679 bits per heavy atom. The summed E-state index contributed by atoms with van der Waals surface area (Å²) in [6.45, 7) is 1.78. The first-order valence-electron chi connectivity index (χ1n) is 9.21. The predicted octanol–water partition coefficient (Wildman–Crippen LogP) is 2.17. The molecule has 2 nitrogen and oxygen atoms in total. The molecule has 3 aromatic carbocycles. The lowest BCUT2D eigenvalue weighted by atomic mass is 10.2. The van der Waals surface area contributed by atoms with Crippen LogP contribution in [0.3, 0.4) is 0 Å². The van der Waals surface area contributed by atoms with Crippen LogP contribution >= 0.6 is 11.8 Å². The van der Waals surface area contributed by atoms with Crippen LogP contribution in [0.5, 0.6) is 0 Å². The third-order valence-corrected chi connectivity index (χ3v) is 5.73. The highest BCUT2D eigenvalue weighted by molar-refractivity contribution is 7.98. The lowest BCUT2D eigenvalue weighted by Crippen LogP contribution is -3.00. The van der Waals surface area contributed by atoms with Gasteiger partial charge in [0, 0.05) is 5.75 Å². The Morgan fingerprint density at radius 2 is 1.21 bits per heavy atom. The molecular weight excluding hydrogens is 384 g/mol. The number of halogens is 1. The SMILES string of the molecule is [Cl-].c1ccc(CSc2n(Cc3ccccc3)cc[n+]2Cc2ccccc2)cc1. The number of hydrogen-bond acceptors (Lipinski definition) is 1. The fraction of sp³-hybridized carbons (Fsp3) is 0.125. The predicted molar refractivity (Wildman–Crippen MR) is 112 cm³/mol. The summed E-state index contributed by atoms with van der Waals surface area (Å²) < 4.78 is 4.71. The van der Waals surface area contributed by atoms with Crippen molar-refractivity contribution in [1.82, 2.24) is 4.57 Å². The molecule has 142 valence electrons. The van der Waals surface area contributed by atoms with E-state index in [1.54, 1.807) is 0 Å². The average Bonchev–Trinajstić information content (AvgIpc) is 3.10. The summed E-state index contributed by atoms with van der Waals surface area (Å²) in [7, 11) is 0. The molecule has 0 aliphatic heterocycles. The largest absolute Gasteiger partial charge is 1.00 e. The second-order valence-corrected chi connectivity index (χ2v) is 7.52. The van der Waals surface area contributed by atoms with Crippen LogP contribution in [0.25, 0.3) is 0 Å². The molecule has 4 aromatic rings. The van der Waals surface area contributed by atoms with E-state index >= 15 is 0 Å². The Bertz CT molecular complexity index is 910. The Kier molecular flexibility index (Phi) is 7.35. The zero-order valence-corrected chi connectivity index (χ0v) is 17.2. The summed E-state index contributed by atoms with van der Waals surface area (Å²) in [6, 6.07) is 32.0. The molecule has 0 saturated carbocycles. The number of nitrogens with zero attached hydrogens (tertiary/aromatic N) is 2. The van der Waals surface area contributed by atoms with Crippen LogP contribution in [0.2, 0.25) is 0 Å². The van der Waals surface area contributed by atoms with Gasteiger partial charge in [0.15, 0.2) is 0 Å². The second-order valence-electron chi connectivity index (χ2n) is 6.58. The standard InChI is InChI=1S/C24H23N2S.ClH/c1-4-10-21(11-5-1)18-25-16-17-26(19-22-12-6-2-7-13-22)24(25)27-20-23-14-8-3-9-15-23;/h1-17H,18-20H2;1H/q+1;/p-1. The van der Waals surface area contributed by atoms with E-state index < -0.39 is 0 Å². The van der Waals surface area contributed by atoms with E-state index in [1.165, 1.54) is 21.8 Å². The smallest absolute Gasteiger partial charge is 0.318 e. The van der Waals surface area contributed by atoms with Gasteiger partial charge in [0.1, 0.15) is 25.5 Å². The molecule has 28 heavy (non-hydrogen) atoms. The summed E-state index contributed by atoms with van der Waals surface area (Å²) in [5.41, 5.74) is 3.99. The monoisotopic (exact) mass is 406 g/mol. The lowest BCUT2D eigenvalue weighted by molar-refractivity contribution is -0.725. The first kappa shape index (κ1) is 20.2. The maximum Gasteiger partial charge on any atom is 0.318 e. The van der Waals surface area contributed by atoms with Gasteiger partial charge in [-0.15, -0.1) is 0 Å². The minimum atomic E-state index is 0. The van der Waals surface area contributed by atoms with Crippen molar-refractivity contribution < 1.29 is 17.0 Å². The Labute approximate surface area is 177 Å². The van der Waals surface area contributed by atoms with E-state index in [0.717, 1.165) is 18.8 Å². The number of imidazole rings is 1. The molecule has 4 rings (SSSR count). The zero-order chi connectivity index (χ0) is 18.3. The highest BCUT2D eigenvalue weighted by Gasteiger charge is 2.18. The lowest BCUT2D eigenvalue weighted by Gasteiger charge is -2.06. The van der Waals surface area contributed by atoms with Gasteiger partial charge in [0.25, 0.3) is 0 Å². The van der Waals surface area contributed by atoms with Gasteiger partial charge in [-0.2, -0.15) is 0 Å². The minimum Gasteiger partial charge on any atom is -1.00 e. The van der Waals surface area contributed by atoms with Crippen LogP contribution in [0.1, 0.15) is 16.7 Å². The third kappa shape index (κ3) is 5.28. The van der Waals surface area contributed by atoms with Gasteiger partial charge in [-0.1, -0.05) is 91.0 Å². The van der Waals surface area contributed by atoms with Crippen LogP contribution in [-0.2, 0) is 18.8 Å². The van der Waals surface area contributed by atoms with Gasteiger partial charge in [0.2, 0.25) is 0 Å². The Hall–Kier alpha value is -2.49. The molecule has 0 radical (unpaired) electrons. The van der Waals surface area contributed by atoms with Gasteiger partial charge >= 0.3 is 5.16 Å². The summed E-state index contributed by atoms with van der Waals surface area (Å²) in [5, 5.41) is 1.28. The van der Waals surface area contributed by atoms with Crippen molar-refractivity contribution in [3.05, 3.63) is 120 Å². The summed E-state index contributed by atoms with van der Waals surface area (Å²) in [5.74, 6) is 0.967. The molecule has 0 atom stereocenters. The van der Waals surface area contributed by atoms with E-state index in [2.05, 4.69) is 113 Å². The Morgan fingerprint density at radius 3 is 1.82 bits per heavy atom. The normalized spacial score (nSPS) is 10.4. The van der Waals surface area contributed by atoms with Crippen molar-refractivity contribution in [2.45, 2.75) is 24.0 Å². The molecule has 0 unspecified atom stereocenters. The van der Waals surface area contributed by atoms with Crippen molar-refractivity contribution in [2.75, 3.05) is 0 Å². The van der Waals surface area contributed by atoms with Gasteiger partial charge < -0.3 is 12.4 Å². The molecule has 1 heterocycles. The number of thioether (sulfide) groups is 1. The zero-order valence-electron chi connectivity index (χ0n) is 15.6. The molecule has 0 aliphatic rings. The molecule has 0 amide bonds. The number of rotatable bonds is 7. The summed E-state index contributed by atoms with van der Waals surface area (Å²) in [6.07, 6.45) is 4.40. The van der Waals surface area contributed by atoms with Crippen molar-refractivity contribution in [3.63, 3.8) is 0 Å². The van der Waals surface area contributed by atoms with E-state index in [9.17, 15) is 0 Å². The van der Waals surface area contributed by atoms with Crippen molar-refractivity contribution in [2.24, 2.45) is 0 Å². The first-order chi connectivity index (χ1) is 13.4. The summed E-state index contributed by atoms with van der Waals surface area (Å²) >= 11 is 1.90. The first-order valence-corrected chi connectivity index (χ1v) is 10.2. The molecule has 0 bridgehead atoms. The molecule has 0 spiro atoms. The van der Waals surface area contributed by atoms with Crippen LogP contribution in [-0.4, -0.2) is 4.57 Å². The molecule has 0 fully saturated rings. The van der Waals surface area contributed by atoms with Crippen LogP contribution in [0.4, 0.5) is 0 Å². The van der Waals surface area contributed by atoms with Gasteiger partial charge in [-0.05, 0) is 28.5 Å². The number of hydrogen-bond donors (Lipinski definition) is 0. The quantitative estimate of drug-likeness (QED) is 0.337. The molecule has 4 heteroatoms. The maximum atomic E-state index is 2.35. The molecular formula is C24H23ClN2S. The highest BCUT2D eigenvalue weighted by Crippen LogP contribution is 2.21. The number of aromatic nitrogens is 2. The second kappa shape index (κ2) is 10.2. The number of benzene rings is 3. The van der Waals surface area contributed by atoms with Crippen LogP contribution in [0, 0.1) is 0 Å². The van der Waals surface area contributed by atoms with Crippen molar-refractivity contribution in [3.8, 4) is 0 Å². The topological polar surface area (TPSA) is 8.81 Å². The van der Waals surface area contributed by atoms with Gasteiger partial charge in [-0.3, -0.25) is 0 Å². The maximum absolute atomic E-state index is 2.35. The van der Waals surface area contributed by atoms with Gasteiger partial charge in [0.05, 0.1) is 0 Å². The molecule has 1 aromatic heterocycles. The average molecular weight is 407 g/mol. The molecule has 0 saturated heterocycles. The summed E-state index contributed by atoms with van der Waals surface area (Å²) in [4.78, 5) is 0. The van der Waals surface area contributed by atoms with Crippen molar-refractivity contribution in [1.29, 1.82) is 0 Å². The minimum absolute atomic E-state index is 0. The fourth-order valence-electron chi connectivity index (χ4n) is 3.14. The molecule has 0 aliphatic carbocycles. The fourth-order valence-corrected chi connectivity index (χ4v) is 4.21. The highest BCUT2D eigenvalue weighted by atomic mass is 35.5. The van der Waals surface area contributed by atoms with E-state index in [1.807, 2.05) is 11.8 Å². The Balaban J connectivity index is 0.00000225. The van der Waals surface area contributed by atoms with Gasteiger partial charge in [-0.25, -0.2) is 9.13 Å². The van der Waals surface area contributed by atoms with Crippen LogP contribution < -0.4 is 17.0 Å². The van der Waals surface area contributed by atoms with Crippen LogP contribution in [0.15, 0.2) is 109 Å². The van der Waals surface area contributed by atoms with Crippen molar-refractivity contribution >= 4 is 11.8 Å². The van der Waals surface area contributed by atoms with E-state index in [-0.39, 0.29) is 12.4 Å². The molecule has 0 N–H and O–H groups in total. The third-order valence-electron chi connectivity index (χ3n) is 4.52. The van der Waals surface area contributed by atoms with E-state index in [0.29, 0.717) is 0 Å². The van der Waals surface area contributed by atoms with E-state index in [4.69, 9.17) is 0 Å².